The highest BCUT2D eigenvalue weighted by Gasteiger charge is 2.31. The maximum Gasteiger partial charge on any atom is 0.200 e. The van der Waals surface area contributed by atoms with Gasteiger partial charge < -0.3 is 14.9 Å². The van der Waals surface area contributed by atoms with E-state index in [1.54, 1.807) is 12.1 Å². The van der Waals surface area contributed by atoms with Gasteiger partial charge in [-0.1, -0.05) is 46.1 Å². The SMILES string of the molecule is CCCCC(CCCC)(CCCC)Oc1cccc(O)c1O. The van der Waals surface area contributed by atoms with Crippen molar-refractivity contribution in [1.29, 1.82) is 0 Å². The number of ether oxygens (including phenoxy) is 1. The van der Waals surface area contributed by atoms with Crippen LogP contribution in [-0.4, -0.2) is 15.8 Å². The lowest BCUT2D eigenvalue weighted by Crippen LogP contribution is -2.36. The summed E-state index contributed by atoms with van der Waals surface area (Å²) in [7, 11) is 0. The molecule has 1 aromatic carbocycles. The van der Waals surface area contributed by atoms with Gasteiger partial charge in [-0.05, 0) is 50.7 Å². The average molecular weight is 308 g/mol. The predicted molar refractivity (Wildman–Crippen MR) is 91.7 cm³/mol. The summed E-state index contributed by atoms with van der Waals surface area (Å²) >= 11 is 0. The van der Waals surface area contributed by atoms with Crippen molar-refractivity contribution in [2.45, 2.75) is 84.2 Å². The van der Waals surface area contributed by atoms with Gasteiger partial charge in [-0.2, -0.15) is 0 Å². The molecule has 3 heteroatoms. The average Bonchev–Trinajstić information content (AvgIpc) is 2.53. The number of hydrogen-bond acceptors (Lipinski definition) is 3. The first-order valence-electron chi connectivity index (χ1n) is 8.78. The monoisotopic (exact) mass is 308 g/mol. The van der Waals surface area contributed by atoms with Gasteiger partial charge in [-0.25, -0.2) is 0 Å². The first kappa shape index (κ1) is 18.7. The van der Waals surface area contributed by atoms with Crippen LogP contribution in [0.2, 0.25) is 0 Å². The summed E-state index contributed by atoms with van der Waals surface area (Å²) in [6.07, 6.45) is 9.75. The molecular formula is C19H32O3. The van der Waals surface area contributed by atoms with Crippen molar-refractivity contribution in [3.05, 3.63) is 18.2 Å². The number of unbranched alkanes of at least 4 members (excludes halogenated alkanes) is 3. The molecule has 0 aromatic heterocycles. The molecule has 0 aliphatic heterocycles. The van der Waals surface area contributed by atoms with Gasteiger partial charge in [0.25, 0.3) is 0 Å². The van der Waals surface area contributed by atoms with E-state index in [1.165, 1.54) is 6.07 Å². The number of aromatic hydroxyl groups is 2. The molecule has 0 radical (unpaired) electrons. The molecular weight excluding hydrogens is 276 g/mol. The molecule has 0 atom stereocenters. The van der Waals surface area contributed by atoms with Crippen LogP contribution in [0.3, 0.4) is 0 Å². The topological polar surface area (TPSA) is 49.7 Å². The third-order valence-electron chi connectivity index (χ3n) is 4.26. The van der Waals surface area contributed by atoms with Crippen molar-refractivity contribution in [2.24, 2.45) is 0 Å². The summed E-state index contributed by atoms with van der Waals surface area (Å²) in [5, 5.41) is 19.8. The van der Waals surface area contributed by atoms with Crippen molar-refractivity contribution in [2.75, 3.05) is 0 Å². The van der Waals surface area contributed by atoms with Crippen LogP contribution in [0.25, 0.3) is 0 Å². The number of rotatable bonds is 11. The number of hydrogen-bond donors (Lipinski definition) is 2. The third kappa shape index (κ3) is 5.43. The van der Waals surface area contributed by atoms with E-state index in [2.05, 4.69) is 20.8 Å². The van der Waals surface area contributed by atoms with E-state index >= 15 is 0 Å². The second-order valence-corrected chi connectivity index (χ2v) is 6.22. The van der Waals surface area contributed by atoms with Crippen LogP contribution in [0, 0.1) is 0 Å². The zero-order valence-electron chi connectivity index (χ0n) is 14.4. The van der Waals surface area contributed by atoms with E-state index in [0.717, 1.165) is 57.8 Å². The van der Waals surface area contributed by atoms with Gasteiger partial charge in [0, 0.05) is 0 Å². The largest absolute Gasteiger partial charge is 0.504 e. The van der Waals surface area contributed by atoms with Crippen LogP contribution in [-0.2, 0) is 0 Å². The summed E-state index contributed by atoms with van der Waals surface area (Å²) in [6, 6.07) is 4.94. The Morgan fingerprint density at radius 2 is 1.36 bits per heavy atom. The van der Waals surface area contributed by atoms with E-state index < -0.39 is 0 Å². The summed E-state index contributed by atoms with van der Waals surface area (Å²) in [5.74, 6) is 0.146. The Labute approximate surface area is 135 Å². The molecule has 0 fully saturated rings. The smallest absolute Gasteiger partial charge is 0.200 e. The van der Waals surface area contributed by atoms with E-state index in [4.69, 9.17) is 4.74 Å². The Morgan fingerprint density at radius 3 is 1.82 bits per heavy atom. The van der Waals surface area contributed by atoms with Gasteiger partial charge in [0.2, 0.25) is 5.75 Å². The minimum Gasteiger partial charge on any atom is -0.504 e. The Kier molecular flexibility index (Phi) is 8.15. The Balaban J connectivity index is 3.00. The third-order valence-corrected chi connectivity index (χ3v) is 4.26. The first-order chi connectivity index (χ1) is 10.6. The molecule has 0 spiro atoms. The lowest BCUT2D eigenvalue weighted by molar-refractivity contribution is 0.0319. The van der Waals surface area contributed by atoms with Crippen molar-refractivity contribution in [3.63, 3.8) is 0 Å². The quantitative estimate of drug-likeness (QED) is 0.509. The molecule has 0 aliphatic rings. The van der Waals surface area contributed by atoms with Crippen molar-refractivity contribution in [3.8, 4) is 17.2 Å². The second-order valence-electron chi connectivity index (χ2n) is 6.22. The molecule has 3 nitrogen and oxygen atoms in total. The summed E-state index contributed by atoms with van der Waals surface area (Å²) in [5.41, 5.74) is -0.229. The maximum atomic E-state index is 10.1. The van der Waals surface area contributed by atoms with Gasteiger partial charge in [0.05, 0.1) is 0 Å². The lowest BCUT2D eigenvalue weighted by Gasteiger charge is -2.35. The normalized spacial score (nSPS) is 11.6. The van der Waals surface area contributed by atoms with Crippen molar-refractivity contribution >= 4 is 0 Å². The van der Waals surface area contributed by atoms with E-state index in [0.29, 0.717) is 5.75 Å². The number of benzene rings is 1. The van der Waals surface area contributed by atoms with Crippen molar-refractivity contribution in [1.82, 2.24) is 0 Å². The van der Waals surface area contributed by atoms with E-state index in [-0.39, 0.29) is 17.1 Å². The summed E-state index contributed by atoms with van der Waals surface area (Å²) in [6.45, 7) is 6.57. The van der Waals surface area contributed by atoms with Gasteiger partial charge in [0.15, 0.2) is 11.5 Å². The highest BCUT2D eigenvalue weighted by Crippen LogP contribution is 2.40. The fraction of sp³-hybridized carbons (Fsp3) is 0.684. The molecule has 0 aliphatic carbocycles. The van der Waals surface area contributed by atoms with Crippen LogP contribution >= 0.6 is 0 Å². The Bertz CT molecular complexity index is 407. The molecule has 0 bridgehead atoms. The Hall–Kier alpha value is -1.38. The lowest BCUT2D eigenvalue weighted by atomic mass is 9.85. The molecule has 22 heavy (non-hydrogen) atoms. The predicted octanol–water partition coefficient (Wildman–Crippen LogP) is 5.79. The molecule has 1 rings (SSSR count). The van der Waals surface area contributed by atoms with Crippen LogP contribution in [0.5, 0.6) is 17.2 Å². The fourth-order valence-electron chi connectivity index (χ4n) is 2.85. The van der Waals surface area contributed by atoms with Crippen LogP contribution < -0.4 is 4.74 Å². The van der Waals surface area contributed by atoms with Crippen LogP contribution in [0.1, 0.15) is 78.6 Å². The number of phenolic OH excluding ortho intramolecular Hbond substituents is 2. The second kappa shape index (κ2) is 9.60. The van der Waals surface area contributed by atoms with Crippen LogP contribution in [0.15, 0.2) is 18.2 Å². The molecule has 0 amide bonds. The molecule has 2 N–H and O–H groups in total. The molecule has 0 heterocycles. The molecule has 0 saturated carbocycles. The zero-order valence-corrected chi connectivity index (χ0v) is 14.4. The Morgan fingerprint density at radius 1 is 0.864 bits per heavy atom. The van der Waals surface area contributed by atoms with Crippen molar-refractivity contribution < 1.29 is 14.9 Å². The maximum absolute atomic E-state index is 10.1. The van der Waals surface area contributed by atoms with Gasteiger partial charge in [0.1, 0.15) is 5.60 Å². The molecule has 1 aromatic rings. The summed E-state index contributed by atoms with van der Waals surface area (Å²) in [4.78, 5) is 0. The minimum absolute atomic E-state index is 0.118. The highest BCUT2D eigenvalue weighted by atomic mass is 16.5. The molecule has 0 unspecified atom stereocenters. The number of phenols is 2. The van der Waals surface area contributed by atoms with E-state index in [1.807, 2.05) is 0 Å². The standard InChI is InChI=1S/C19H32O3/c1-4-7-13-19(14-8-5-2,15-9-6-3)22-17-12-10-11-16(20)18(17)21/h10-12,20-21H,4-9,13-15H2,1-3H3. The first-order valence-corrected chi connectivity index (χ1v) is 8.78. The molecule has 0 saturated heterocycles. The number of para-hydroxylation sites is 1. The van der Waals surface area contributed by atoms with E-state index in [9.17, 15) is 10.2 Å². The summed E-state index contributed by atoms with van der Waals surface area (Å²) < 4.78 is 6.31. The highest BCUT2D eigenvalue weighted by molar-refractivity contribution is 5.49. The van der Waals surface area contributed by atoms with Gasteiger partial charge >= 0.3 is 0 Å². The molecule has 126 valence electrons. The fourth-order valence-corrected chi connectivity index (χ4v) is 2.85. The zero-order chi connectivity index (χ0) is 16.4. The van der Waals surface area contributed by atoms with Gasteiger partial charge in [-0.15, -0.1) is 0 Å². The van der Waals surface area contributed by atoms with Gasteiger partial charge in [-0.3, -0.25) is 0 Å². The van der Waals surface area contributed by atoms with Crippen LogP contribution in [0.4, 0.5) is 0 Å². The minimum atomic E-state index is -0.229.